The first-order chi connectivity index (χ1) is 7.84. The summed E-state index contributed by atoms with van der Waals surface area (Å²) in [5, 5.41) is 8.25. The van der Waals surface area contributed by atoms with Gasteiger partial charge >= 0.3 is 0 Å². The molecule has 0 aliphatic carbocycles. The molecule has 0 spiro atoms. The molecule has 2 aromatic heterocycles. The van der Waals surface area contributed by atoms with E-state index in [2.05, 4.69) is 30.8 Å². The highest BCUT2D eigenvalue weighted by Crippen LogP contribution is 2.17. The molecule has 3 rings (SSSR count). The van der Waals surface area contributed by atoms with Crippen molar-refractivity contribution in [2.75, 3.05) is 11.4 Å². The normalized spacial score (nSPS) is 14.9. The molecule has 1 aliphatic rings. The van der Waals surface area contributed by atoms with Crippen LogP contribution in [0, 0.1) is 13.1 Å². The number of rotatable bonds is 1. The van der Waals surface area contributed by atoms with Crippen LogP contribution in [0.4, 0.5) is 5.82 Å². The van der Waals surface area contributed by atoms with E-state index in [1.807, 2.05) is 19.1 Å². The second-order valence-electron chi connectivity index (χ2n) is 3.86. The number of aryl methyl sites for hydroxylation is 1. The maximum atomic E-state index is 4.23. The summed E-state index contributed by atoms with van der Waals surface area (Å²) in [6.07, 6.45) is 2.85. The predicted octanol–water partition coefficient (Wildman–Crippen LogP) is 0.802. The summed E-state index contributed by atoms with van der Waals surface area (Å²) in [5.41, 5.74) is 0. The molecule has 16 heavy (non-hydrogen) atoms. The summed E-state index contributed by atoms with van der Waals surface area (Å²) >= 11 is 0. The highest BCUT2D eigenvalue weighted by atomic mass is 15.3. The van der Waals surface area contributed by atoms with Crippen LogP contribution in [0.25, 0.3) is 0 Å². The summed E-state index contributed by atoms with van der Waals surface area (Å²) in [5.74, 6) is 2.95. The molecule has 5 nitrogen and oxygen atoms in total. The Morgan fingerprint density at radius 1 is 1.31 bits per heavy atom. The fourth-order valence-electron chi connectivity index (χ4n) is 1.99. The van der Waals surface area contributed by atoms with Gasteiger partial charge in [-0.3, -0.25) is 0 Å². The van der Waals surface area contributed by atoms with E-state index in [-0.39, 0.29) is 0 Å². The molecular weight excluding hydrogens is 202 g/mol. The summed E-state index contributed by atoms with van der Waals surface area (Å²) in [7, 11) is 0. The molecule has 0 aromatic carbocycles. The summed E-state index contributed by atoms with van der Waals surface area (Å²) in [4.78, 5) is 6.42. The Hall–Kier alpha value is -1.91. The zero-order chi connectivity index (χ0) is 11.0. The van der Waals surface area contributed by atoms with Crippen LogP contribution in [-0.4, -0.2) is 26.3 Å². The molecule has 2 aromatic rings. The van der Waals surface area contributed by atoms with E-state index in [0.717, 1.165) is 37.1 Å². The van der Waals surface area contributed by atoms with Gasteiger partial charge in [-0.25, -0.2) is 4.98 Å². The number of hydrogen-bond donors (Lipinski definition) is 0. The van der Waals surface area contributed by atoms with E-state index in [4.69, 9.17) is 0 Å². The Morgan fingerprint density at radius 2 is 2.25 bits per heavy atom. The zero-order valence-corrected chi connectivity index (χ0v) is 9.09. The van der Waals surface area contributed by atoms with Crippen LogP contribution in [0.2, 0.25) is 0 Å². The number of fused-ring (bicyclic) bond motifs is 1. The molecule has 1 radical (unpaired) electrons. The van der Waals surface area contributed by atoms with Crippen molar-refractivity contribution < 1.29 is 0 Å². The quantitative estimate of drug-likeness (QED) is 0.704. The van der Waals surface area contributed by atoms with Crippen LogP contribution in [0.5, 0.6) is 0 Å². The lowest BCUT2D eigenvalue weighted by Gasteiger charge is -2.28. The van der Waals surface area contributed by atoms with E-state index < -0.39 is 0 Å². The molecule has 0 bridgehead atoms. The number of pyridine rings is 1. The number of nitrogens with zero attached hydrogens (tertiary/aromatic N) is 5. The molecule has 3 heterocycles. The van der Waals surface area contributed by atoms with Gasteiger partial charge in [-0.05, 0) is 19.1 Å². The van der Waals surface area contributed by atoms with Crippen LogP contribution in [0.1, 0.15) is 11.6 Å². The maximum Gasteiger partial charge on any atom is 0.152 e. The lowest BCUT2D eigenvalue weighted by molar-refractivity contribution is 0.547. The van der Waals surface area contributed by atoms with Gasteiger partial charge in [0.15, 0.2) is 5.82 Å². The third-order valence-corrected chi connectivity index (χ3v) is 2.86. The average Bonchev–Trinajstić information content (AvgIpc) is 2.72. The highest BCUT2D eigenvalue weighted by Gasteiger charge is 2.19. The van der Waals surface area contributed by atoms with E-state index in [9.17, 15) is 0 Å². The van der Waals surface area contributed by atoms with Crippen LogP contribution in [-0.2, 0) is 13.1 Å². The van der Waals surface area contributed by atoms with Gasteiger partial charge in [0, 0.05) is 13.1 Å². The van der Waals surface area contributed by atoms with Gasteiger partial charge in [0.25, 0.3) is 0 Å². The molecule has 1 aliphatic heterocycles. The van der Waals surface area contributed by atoms with Crippen molar-refractivity contribution >= 4 is 5.82 Å². The van der Waals surface area contributed by atoms with Crippen molar-refractivity contribution in [2.24, 2.45) is 0 Å². The monoisotopic (exact) mass is 214 g/mol. The lowest BCUT2D eigenvalue weighted by Crippen LogP contribution is -2.34. The van der Waals surface area contributed by atoms with Crippen molar-refractivity contribution in [1.82, 2.24) is 19.7 Å². The van der Waals surface area contributed by atoms with Gasteiger partial charge in [0.05, 0.1) is 12.7 Å². The van der Waals surface area contributed by atoms with Crippen molar-refractivity contribution in [3.63, 3.8) is 0 Å². The van der Waals surface area contributed by atoms with Gasteiger partial charge in [-0.2, -0.15) is 0 Å². The summed E-state index contributed by atoms with van der Waals surface area (Å²) in [6.45, 7) is 4.62. The zero-order valence-electron chi connectivity index (χ0n) is 9.09. The fraction of sp³-hybridized carbons (Fsp3) is 0.364. The largest absolute Gasteiger partial charge is 0.347 e. The molecule has 5 heteroatoms. The van der Waals surface area contributed by atoms with Gasteiger partial charge in [0.2, 0.25) is 0 Å². The third kappa shape index (κ3) is 1.44. The van der Waals surface area contributed by atoms with Crippen molar-refractivity contribution in [3.8, 4) is 0 Å². The van der Waals surface area contributed by atoms with Crippen LogP contribution >= 0.6 is 0 Å². The SMILES string of the molecule is Cc1nnc2n1CCN(c1ccc[c]n1)C2. The lowest BCUT2D eigenvalue weighted by atomic mass is 10.3. The van der Waals surface area contributed by atoms with Crippen LogP contribution in [0.15, 0.2) is 18.2 Å². The molecule has 0 fully saturated rings. The van der Waals surface area contributed by atoms with E-state index >= 15 is 0 Å². The Labute approximate surface area is 93.7 Å². The van der Waals surface area contributed by atoms with Crippen molar-refractivity contribution in [2.45, 2.75) is 20.0 Å². The number of hydrogen-bond acceptors (Lipinski definition) is 4. The Bertz CT molecular complexity index is 490. The van der Waals surface area contributed by atoms with Gasteiger partial charge in [-0.1, -0.05) is 6.07 Å². The predicted molar refractivity (Wildman–Crippen MR) is 58.9 cm³/mol. The number of aromatic nitrogens is 4. The third-order valence-electron chi connectivity index (χ3n) is 2.86. The molecule has 0 saturated heterocycles. The van der Waals surface area contributed by atoms with E-state index in [1.54, 1.807) is 6.07 Å². The van der Waals surface area contributed by atoms with Crippen LogP contribution < -0.4 is 4.90 Å². The first-order valence-electron chi connectivity index (χ1n) is 5.31. The first-order valence-corrected chi connectivity index (χ1v) is 5.31. The molecule has 0 unspecified atom stereocenters. The summed E-state index contributed by atoms with van der Waals surface area (Å²) in [6, 6.07) is 5.75. The van der Waals surface area contributed by atoms with Gasteiger partial charge in [0.1, 0.15) is 11.6 Å². The van der Waals surface area contributed by atoms with Crippen molar-refractivity contribution in [1.29, 1.82) is 0 Å². The average molecular weight is 214 g/mol. The minimum atomic E-state index is 0.770. The van der Waals surface area contributed by atoms with Gasteiger partial charge < -0.3 is 9.47 Å². The second kappa shape index (κ2) is 3.59. The summed E-state index contributed by atoms with van der Waals surface area (Å²) < 4.78 is 2.16. The molecule has 0 atom stereocenters. The smallest absolute Gasteiger partial charge is 0.152 e. The highest BCUT2D eigenvalue weighted by molar-refractivity contribution is 5.38. The second-order valence-corrected chi connectivity index (χ2v) is 3.86. The maximum absolute atomic E-state index is 4.23. The molecule has 0 saturated carbocycles. The molecule has 0 N–H and O–H groups in total. The van der Waals surface area contributed by atoms with Crippen molar-refractivity contribution in [3.05, 3.63) is 36.0 Å². The first kappa shape index (κ1) is 9.33. The van der Waals surface area contributed by atoms with E-state index in [0.29, 0.717) is 0 Å². The molecular formula is C11H12N5. The Balaban J connectivity index is 1.89. The van der Waals surface area contributed by atoms with Crippen LogP contribution in [0.3, 0.4) is 0 Å². The Kier molecular flexibility index (Phi) is 2.09. The van der Waals surface area contributed by atoms with E-state index in [1.165, 1.54) is 0 Å². The number of anilines is 1. The minimum Gasteiger partial charge on any atom is -0.347 e. The fourth-order valence-corrected chi connectivity index (χ4v) is 1.99. The Morgan fingerprint density at radius 3 is 3.06 bits per heavy atom. The molecule has 81 valence electrons. The molecule has 0 amide bonds. The standard InChI is InChI=1S/C11H12N5/c1-9-13-14-11-8-15(6-7-16(9)11)10-4-2-3-5-12-10/h2-4H,6-8H2,1H3. The van der Waals surface area contributed by atoms with Gasteiger partial charge in [-0.15, -0.1) is 10.2 Å². The topological polar surface area (TPSA) is 46.8 Å². The minimum absolute atomic E-state index is 0.770.